The number of halogens is 1. The van der Waals surface area contributed by atoms with E-state index >= 15 is 0 Å². The lowest BCUT2D eigenvalue weighted by molar-refractivity contribution is -0.115. The summed E-state index contributed by atoms with van der Waals surface area (Å²) in [4.78, 5) is 12.2. The fraction of sp³-hybridized carbons (Fsp3) is 0.438. The van der Waals surface area contributed by atoms with Crippen LogP contribution in [-0.2, 0) is 11.2 Å². The average Bonchev–Trinajstić information content (AvgIpc) is 2.28. The van der Waals surface area contributed by atoms with Gasteiger partial charge in [0.2, 0.25) is 0 Å². The highest BCUT2D eigenvalue weighted by Crippen LogP contribution is 2.20. The van der Waals surface area contributed by atoms with Gasteiger partial charge < -0.3 is 0 Å². The number of benzene rings is 1. The summed E-state index contributed by atoms with van der Waals surface area (Å²) in [6.07, 6.45) is 9.53. The van der Waals surface area contributed by atoms with Crippen molar-refractivity contribution in [3.63, 3.8) is 0 Å². The van der Waals surface area contributed by atoms with Gasteiger partial charge in [-0.25, -0.2) is 0 Å². The predicted octanol–water partition coefficient (Wildman–Crippen LogP) is 4.73. The van der Waals surface area contributed by atoms with E-state index in [-0.39, 0.29) is 5.78 Å². The van der Waals surface area contributed by atoms with Crippen molar-refractivity contribution in [1.82, 2.24) is 0 Å². The summed E-state index contributed by atoms with van der Waals surface area (Å²) in [6.45, 7) is 0. The molecule has 96 valence electrons. The number of carbonyl (C=O) groups excluding carboxylic acids is 1. The second-order valence-corrected chi connectivity index (χ2v) is 5.35. The van der Waals surface area contributed by atoms with Gasteiger partial charge in [0.15, 0.2) is 5.78 Å². The zero-order chi connectivity index (χ0) is 12.8. The van der Waals surface area contributed by atoms with Gasteiger partial charge in [-0.2, -0.15) is 0 Å². The standard InChI is InChI=1S/C16H19ClO/c17-15-10-6-7-13(11-15)12-16(18)14-8-4-2-1-3-5-9-14/h6-8,10-11H,1-5,9,12H2/b14-8+. The van der Waals surface area contributed by atoms with E-state index < -0.39 is 0 Å². The van der Waals surface area contributed by atoms with Crippen molar-refractivity contribution in [3.05, 3.63) is 46.5 Å². The molecule has 0 N–H and O–H groups in total. The topological polar surface area (TPSA) is 17.1 Å². The molecule has 0 aromatic heterocycles. The fourth-order valence-corrected chi connectivity index (χ4v) is 2.60. The van der Waals surface area contributed by atoms with Gasteiger partial charge in [0.1, 0.15) is 0 Å². The summed E-state index contributed by atoms with van der Waals surface area (Å²) in [6, 6.07) is 7.58. The quantitative estimate of drug-likeness (QED) is 0.769. The Balaban J connectivity index is 2.02. The average molecular weight is 263 g/mol. The molecule has 1 aromatic rings. The van der Waals surface area contributed by atoms with Gasteiger partial charge in [0.05, 0.1) is 0 Å². The van der Waals surface area contributed by atoms with Crippen LogP contribution in [0.4, 0.5) is 0 Å². The minimum atomic E-state index is 0.263. The molecule has 0 heterocycles. The highest BCUT2D eigenvalue weighted by atomic mass is 35.5. The van der Waals surface area contributed by atoms with Gasteiger partial charge in [0.25, 0.3) is 0 Å². The summed E-state index contributed by atoms with van der Waals surface area (Å²) in [5.41, 5.74) is 2.03. The normalized spacial score (nSPS) is 19.5. The van der Waals surface area contributed by atoms with Crippen molar-refractivity contribution >= 4 is 17.4 Å². The van der Waals surface area contributed by atoms with Crippen molar-refractivity contribution in [2.24, 2.45) is 0 Å². The van der Waals surface area contributed by atoms with E-state index in [9.17, 15) is 4.79 Å². The molecule has 0 spiro atoms. The van der Waals surface area contributed by atoms with E-state index in [0.717, 1.165) is 30.4 Å². The molecule has 0 saturated heterocycles. The number of hydrogen-bond acceptors (Lipinski definition) is 1. The van der Waals surface area contributed by atoms with Crippen LogP contribution in [0.15, 0.2) is 35.9 Å². The largest absolute Gasteiger partial charge is 0.294 e. The molecule has 0 amide bonds. The molecular formula is C16H19ClO. The third-order valence-corrected chi connectivity index (χ3v) is 3.64. The molecule has 1 nitrogen and oxygen atoms in total. The van der Waals surface area contributed by atoms with Crippen LogP contribution in [0.5, 0.6) is 0 Å². The van der Waals surface area contributed by atoms with Crippen LogP contribution in [-0.4, -0.2) is 5.78 Å². The van der Waals surface area contributed by atoms with Gasteiger partial charge in [-0.3, -0.25) is 4.79 Å². The summed E-state index contributed by atoms with van der Waals surface area (Å²) in [5.74, 6) is 0.263. The smallest absolute Gasteiger partial charge is 0.162 e. The molecule has 0 unspecified atom stereocenters. The van der Waals surface area contributed by atoms with Crippen molar-refractivity contribution < 1.29 is 4.79 Å². The lowest BCUT2D eigenvalue weighted by Crippen LogP contribution is -2.08. The van der Waals surface area contributed by atoms with Gasteiger partial charge >= 0.3 is 0 Å². The van der Waals surface area contributed by atoms with E-state index in [2.05, 4.69) is 6.08 Å². The number of ketones is 1. The molecule has 0 fully saturated rings. The van der Waals surface area contributed by atoms with Gasteiger partial charge in [0, 0.05) is 11.4 Å². The van der Waals surface area contributed by atoms with E-state index in [0.29, 0.717) is 11.4 Å². The number of allylic oxidation sites excluding steroid dienone is 2. The molecule has 0 aliphatic heterocycles. The van der Waals surface area contributed by atoms with Crippen LogP contribution < -0.4 is 0 Å². The first-order chi connectivity index (χ1) is 8.75. The SMILES string of the molecule is O=C(Cc1cccc(Cl)c1)/C1=C/CCCCCC1. The summed E-state index contributed by atoms with van der Waals surface area (Å²) >= 11 is 5.94. The fourth-order valence-electron chi connectivity index (χ4n) is 2.39. The first kappa shape index (κ1) is 13.4. The Morgan fingerprint density at radius 1 is 1.17 bits per heavy atom. The molecule has 1 aromatic carbocycles. The molecule has 1 aliphatic carbocycles. The second-order valence-electron chi connectivity index (χ2n) is 4.91. The highest BCUT2D eigenvalue weighted by Gasteiger charge is 2.11. The predicted molar refractivity (Wildman–Crippen MR) is 75.9 cm³/mol. The molecule has 0 radical (unpaired) electrons. The van der Waals surface area contributed by atoms with Gasteiger partial charge in [-0.15, -0.1) is 0 Å². The Morgan fingerprint density at radius 2 is 2.00 bits per heavy atom. The van der Waals surface area contributed by atoms with Crippen LogP contribution in [0.25, 0.3) is 0 Å². The second kappa shape index (κ2) is 6.75. The maximum Gasteiger partial charge on any atom is 0.162 e. The van der Waals surface area contributed by atoms with Crippen molar-refractivity contribution in [3.8, 4) is 0 Å². The zero-order valence-electron chi connectivity index (χ0n) is 10.6. The minimum Gasteiger partial charge on any atom is -0.294 e. The number of carbonyl (C=O) groups is 1. The Morgan fingerprint density at radius 3 is 2.83 bits per heavy atom. The van der Waals surface area contributed by atoms with Crippen molar-refractivity contribution in [2.45, 2.75) is 44.9 Å². The van der Waals surface area contributed by atoms with Gasteiger partial charge in [-0.1, -0.05) is 42.7 Å². The van der Waals surface area contributed by atoms with E-state index in [1.165, 1.54) is 19.3 Å². The van der Waals surface area contributed by atoms with E-state index in [1.54, 1.807) is 0 Å². The highest BCUT2D eigenvalue weighted by molar-refractivity contribution is 6.30. The first-order valence-electron chi connectivity index (χ1n) is 6.72. The first-order valence-corrected chi connectivity index (χ1v) is 7.10. The molecule has 2 rings (SSSR count). The van der Waals surface area contributed by atoms with Crippen molar-refractivity contribution in [1.29, 1.82) is 0 Å². The Labute approximate surface area is 114 Å². The molecule has 18 heavy (non-hydrogen) atoms. The Kier molecular flexibility index (Phi) is 5.00. The minimum absolute atomic E-state index is 0.263. The Hall–Kier alpha value is -1.08. The van der Waals surface area contributed by atoms with E-state index in [4.69, 9.17) is 11.6 Å². The van der Waals surface area contributed by atoms with Crippen LogP contribution in [0, 0.1) is 0 Å². The molecule has 0 atom stereocenters. The summed E-state index contributed by atoms with van der Waals surface area (Å²) in [5, 5.41) is 0.701. The number of Topliss-reactive ketones (excluding diaryl/α,β-unsaturated/α-hetero) is 1. The van der Waals surface area contributed by atoms with Crippen molar-refractivity contribution in [2.75, 3.05) is 0 Å². The van der Waals surface area contributed by atoms with Crippen LogP contribution in [0.2, 0.25) is 5.02 Å². The monoisotopic (exact) mass is 262 g/mol. The van der Waals surface area contributed by atoms with Crippen LogP contribution >= 0.6 is 11.6 Å². The third-order valence-electron chi connectivity index (χ3n) is 3.40. The number of rotatable bonds is 3. The summed E-state index contributed by atoms with van der Waals surface area (Å²) in [7, 11) is 0. The zero-order valence-corrected chi connectivity index (χ0v) is 11.4. The Bertz CT molecular complexity index is 448. The lowest BCUT2D eigenvalue weighted by atomic mass is 9.94. The maximum absolute atomic E-state index is 12.2. The molecule has 2 heteroatoms. The molecule has 1 aliphatic rings. The molecule has 0 bridgehead atoms. The molecular weight excluding hydrogens is 244 g/mol. The van der Waals surface area contributed by atoms with E-state index in [1.807, 2.05) is 24.3 Å². The van der Waals surface area contributed by atoms with Crippen LogP contribution in [0.3, 0.4) is 0 Å². The lowest BCUT2D eigenvalue weighted by Gasteiger charge is -2.10. The third kappa shape index (κ3) is 3.99. The van der Waals surface area contributed by atoms with Gasteiger partial charge in [-0.05, 0) is 49.0 Å². The molecule has 0 saturated carbocycles. The number of hydrogen-bond donors (Lipinski definition) is 0. The maximum atomic E-state index is 12.2. The van der Waals surface area contributed by atoms with Crippen LogP contribution in [0.1, 0.15) is 44.1 Å². The summed E-state index contributed by atoms with van der Waals surface area (Å²) < 4.78 is 0.